The topological polar surface area (TPSA) is 47.7 Å². The van der Waals surface area contributed by atoms with Crippen LogP contribution in [0.1, 0.15) is 26.2 Å². The number of piperidine rings is 1. The maximum Gasteiger partial charge on any atom is 0.145 e. The number of nitrogens with zero attached hydrogens (tertiary/aromatic N) is 1. The van der Waals surface area contributed by atoms with Crippen LogP contribution in [0.3, 0.4) is 0 Å². The predicted molar refractivity (Wildman–Crippen MR) is 77.8 cm³/mol. The Bertz CT molecular complexity index is 401. The van der Waals surface area contributed by atoms with E-state index in [1.807, 2.05) is 18.2 Å². The van der Waals surface area contributed by atoms with Crippen LogP contribution < -0.4 is 15.2 Å². The van der Waals surface area contributed by atoms with E-state index < -0.39 is 0 Å². The monoisotopic (exact) mass is 264 g/mol. The zero-order valence-corrected chi connectivity index (χ0v) is 11.9. The fraction of sp³-hybridized carbons (Fsp3) is 0.600. The number of anilines is 1. The second kappa shape index (κ2) is 6.66. The Kier molecular flexibility index (Phi) is 4.91. The maximum atomic E-state index is 6.02. The van der Waals surface area contributed by atoms with Crippen molar-refractivity contribution < 1.29 is 9.47 Å². The van der Waals surface area contributed by atoms with Gasteiger partial charge in [0, 0.05) is 19.2 Å². The standard InChI is InChI=1S/C15H24N2O2/c1-3-10-18-15-11-13(4-5-14(15)16)19-12-6-8-17(2)9-7-12/h4-5,11-12H,3,6-10,16H2,1-2H3. The minimum atomic E-state index is 0.304. The lowest BCUT2D eigenvalue weighted by molar-refractivity contribution is 0.114. The summed E-state index contributed by atoms with van der Waals surface area (Å²) in [6.07, 6.45) is 3.43. The van der Waals surface area contributed by atoms with Gasteiger partial charge in [-0.15, -0.1) is 0 Å². The Morgan fingerprint density at radius 3 is 2.74 bits per heavy atom. The second-order valence-corrected chi connectivity index (χ2v) is 5.17. The minimum absolute atomic E-state index is 0.304. The van der Waals surface area contributed by atoms with Crippen molar-refractivity contribution in [3.05, 3.63) is 18.2 Å². The number of hydrogen-bond donors (Lipinski definition) is 1. The first-order valence-electron chi connectivity index (χ1n) is 7.06. The van der Waals surface area contributed by atoms with Gasteiger partial charge in [0.25, 0.3) is 0 Å². The molecule has 0 radical (unpaired) electrons. The lowest BCUT2D eigenvalue weighted by Gasteiger charge is -2.29. The van der Waals surface area contributed by atoms with Gasteiger partial charge in [-0.05, 0) is 38.4 Å². The number of ether oxygens (including phenoxy) is 2. The van der Waals surface area contributed by atoms with E-state index >= 15 is 0 Å². The highest BCUT2D eigenvalue weighted by molar-refractivity contribution is 5.55. The van der Waals surface area contributed by atoms with Gasteiger partial charge < -0.3 is 20.1 Å². The Balaban J connectivity index is 1.96. The first-order valence-corrected chi connectivity index (χ1v) is 7.06. The third kappa shape index (κ3) is 4.03. The van der Waals surface area contributed by atoms with Crippen LogP contribution in [0.25, 0.3) is 0 Å². The average Bonchev–Trinajstić information content (AvgIpc) is 2.42. The molecule has 1 heterocycles. The molecule has 0 amide bonds. The molecule has 1 aliphatic heterocycles. The average molecular weight is 264 g/mol. The lowest BCUT2D eigenvalue weighted by atomic mass is 10.1. The van der Waals surface area contributed by atoms with Crippen molar-refractivity contribution in [3.8, 4) is 11.5 Å². The first kappa shape index (κ1) is 14.0. The molecule has 0 atom stereocenters. The lowest BCUT2D eigenvalue weighted by Crippen LogP contribution is -2.35. The molecule has 0 aliphatic carbocycles. The van der Waals surface area contributed by atoms with Crippen molar-refractivity contribution in [1.82, 2.24) is 4.90 Å². The van der Waals surface area contributed by atoms with Crippen LogP contribution in [0.4, 0.5) is 5.69 Å². The first-order chi connectivity index (χ1) is 9.19. The molecular formula is C15H24N2O2. The molecule has 0 saturated carbocycles. The number of hydrogen-bond acceptors (Lipinski definition) is 4. The molecule has 4 heteroatoms. The summed E-state index contributed by atoms with van der Waals surface area (Å²) in [7, 11) is 2.15. The largest absolute Gasteiger partial charge is 0.491 e. The molecule has 1 aromatic carbocycles. The summed E-state index contributed by atoms with van der Waals surface area (Å²) in [5, 5.41) is 0. The van der Waals surface area contributed by atoms with E-state index in [9.17, 15) is 0 Å². The minimum Gasteiger partial charge on any atom is -0.491 e. The molecule has 0 bridgehead atoms. The zero-order valence-electron chi connectivity index (χ0n) is 11.9. The van der Waals surface area contributed by atoms with Gasteiger partial charge in [0.15, 0.2) is 0 Å². The molecule has 2 rings (SSSR count). The fourth-order valence-corrected chi connectivity index (χ4v) is 2.22. The van der Waals surface area contributed by atoms with Crippen LogP contribution in [-0.2, 0) is 0 Å². The molecule has 0 aromatic heterocycles. The van der Waals surface area contributed by atoms with Crippen molar-refractivity contribution in [2.24, 2.45) is 0 Å². The third-order valence-corrected chi connectivity index (χ3v) is 3.42. The summed E-state index contributed by atoms with van der Waals surface area (Å²) < 4.78 is 11.6. The predicted octanol–water partition coefficient (Wildman–Crippen LogP) is 2.53. The highest BCUT2D eigenvalue weighted by Gasteiger charge is 2.18. The van der Waals surface area contributed by atoms with Gasteiger partial charge in [-0.2, -0.15) is 0 Å². The molecule has 1 aromatic rings. The zero-order chi connectivity index (χ0) is 13.7. The Hall–Kier alpha value is -1.42. The van der Waals surface area contributed by atoms with E-state index in [0.717, 1.165) is 43.9 Å². The molecule has 106 valence electrons. The summed E-state index contributed by atoms with van der Waals surface area (Å²) >= 11 is 0. The van der Waals surface area contributed by atoms with Gasteiger partial charge in [-0.1, -0.05) is 6.92 Å². The van der Waals surface area contributed by atoms with Gasteiger partial charge in [0.2, 0.25) is 0 Å². The SMILES string of the molecule is CCCOc1cc(OC2CCN(C)CC2)ccc1N. The van der Waals surface area contributed by atoms with Gasteiger partial charge >= 0.3 is 0 Å². The third-order valence-electron chi connectivity index (χ3n) is 3.42. The van der Waals surface area contributed by atoms with Crippen molar-refractivity contribution in [1.29, 1.82) is 0 Å². The van der Waals surface area contributed by atoms with Gasteiger partial charge in [-0.25, -0.2) is 0 Å². The maximum absolute atomic E-state index is 6.02. The molecule has 1 aliphatic rings. The normalized spacial score (nSPS) is 17.4. The number of likely N-dealkylation sites (tertiary alicyclic amines) is 1. The van der Waals surface area contributed by atoms with Crippen LogP contribution in [-0.4, -0.2) is 37.7 Å². The quantitative estimate of drug-likeness (QED) is 0.830. The molecule has 1 saturated heterocycles. The summed E-state index contributed by atoms with van der Waals surface area (Å²) in [5.41, 5.74) is 6.56. The smallest absolute Gasteiger partial charge is 0.145 e. The summed E-state index contributed by atoms with van der Waals surface area (Å²) in [4.78, 5) is 2.33. The molecule has 0 spiro atoms. The van der Waals surface area contributed by atoms with E-state index in [-0.39, 0.29) is 0 Å². The Labute approximate surface area is 115 Å². The highest BCUT2D eigenvalue weighted by atomic mass is 16.5. The molecule has 0 unspecified atom stereocenters. The molecular weight excluding hydrogens is 240 g/mol. The van der Waals surface area contributed by atoms with E-state index in [1.165, 1.54) is 0 Å². The van der Waals surface area contributed by atoms with Gasteiger partial charge in [0.05, 0.1) is 12.3 Å². The molecule has 1 fully saturated rings. The molecule has 19 heavy (non-hydrogen) atoms. The fourth-order valence-electron chi connectivity index (χ4n) is 2.22. The van der Waals surface area contributed by atoms with Gasteiger partial charge in [0.1, 0.15) is 17.6 Å². The molecule has 2 N–H and O–H groups in total. The van der Waals surface area contributed by atoms with Crippen LogP contribution in [0.15, 0.2) is 18.2 Å². The van der Waals surface area contributed by atoms with E-state index in [4.69, 9.17) is 15.2 Å². The van der Waals surface area contributed by atoms with Crippen molar-refractivity contribution in [3.63, 3.8) is 0 Å². The van der Waals surface area contributed by atoms with E-state index in [0.29, 0.717) is 18.4 Å². The van der Waals surface area contributed by atoms with Crippen molar-refractivity contribution in [2.75, 3.05) is 32.5 Å². The van der Waals surface area contributed by atoms with E-state index in [1.54, 1.807) is 0 Å². The number of benzene rings is 1. The number of rotatable bonds is 5. The number of nitrogen functional groups attached to an aromatic ring is 1. The Morgan fingerprint density at radius 1 is 1.32 bits per heavy atom. The molecule has 4 nitrogen and oxygen atoms in total. The highest BCUT2D eigenvalue weighted by Crippen LogP contribution is 2.28. The summed E-state index contributed by atoms with van der Waals surface area (Å²) in [5.74, 6) is 1.59. The summed E-state index contributed by atoms with van der Waals surface area (Å²) in [6, 6.07) is 5.69. The van der Waals surface area contributed by atoms with Crippen LogP contribution in [0.2, 0.25) is 0 Å². The van der Waals surface area contributed by atoms with Crippen LogP contribution in [0.5, 0.6) is 11.5 Å². The van der Waals surface area contributed by atoms with Gasteiger partial charge in [-0.3, -0.25) is 0 Å². The van der Waals surface area contributed by atoms with Crippen molar-refractivity contribution in [2.45, 2.75) is 32.3 Å². The summed E-state index contributed by atoms with van der Waals surface area (Å²) in [6.45, 7) is 4.95. The van der Waals surface area contributed by atoms with Crippen molar-refractivity contribution >= 4 is 5.69 Å². The van der Waals surface area contributed by atoms with Crippen LogP contribution >= 0.6 is 0 Å². The van der Waals surface area contributed by atoms with Crippen LogP contribution in [0, 0.1) is 0 Å². The second-order valence-electron chi connectivity index (χ2n) is 5.17. The number of nitrogens with two attached hydrogens (primary N) is 1. The van der Waals surface area contributed by atoms with E-state index in [2.05, 4.69) is 18.9 Å². The Morgan fingerprint density at radius 2 is 2.05 bits per heavy atom.